The first-order valence-corrected chi connectivity index (χ1v) is 7.48. The van der Waals surface area contributed by atoms with E-state index in [4.69, 9.17) is 0 Å². The molecule has 126 valence electrons. The summed E-state index contributed by atoms with van der Waals surface area (Å²) < 4.78 is 13.0. The summed E-state index contributed by atoms with van der Waals surface area (Å²) in [7, 11) is 0. The number of aromatic hydroxyl groups is 1. The van der Waals surface area contributed by atoms with Crippen molar-refractivity contribution in [3.63, 3.8) is 0 Å². The van der Waals surface area contributed by atoms with Crippen molar-refractivity contribution in [2.45, 2.75) is 6.92 Å². The van der Waals surface area contributed by atoms with E-state index in [0.717, 1.165) is 0 Å². The summed E-state index contributed by atoms with van der Waals surface area (Å²) in [5.74, 6) is -0.676. The molecule has 0 saturated carbocycles. The molecule has 1 aromatic heterocycles. The van der Waals surface area contributed by atoms with Gasteiger partial charge in [0.1, 0.15) is 17.3 Å². The number of carbonyl (C=O) groups excluding carboxylic acids is 1. The van der Waals surface area contributed by atoms with Crippen LogP contribution >= 0.6 is 0 Å². The van der Waals surface area contributed by atoms with Gasteiger partial charge in [-0.2, -0.15) is 10.2 Å². The zero-order valence-electron chi connectivity index (χ0n) is 13.3. The van der Waals surface area contributed by atoms with E-state index in [9.17, 15) is 14.3 Å². The number of hydrogen-bond acceptors (Lipinski definition) is 4. The Labute approximate surface area is 143 Å². The number of H-pyrrole nitrogens is 1. The van der Waals surface area contributed by atoms with Gasteiger partial charge in [-0.05, 0) is 49.4 Å². The molecular formula is C18H15FN4O2. The largest absolute Gasteiger partial charge is 0.508 e. The number of phenols is 1. The van der Waals surface area contributed by atoms with Gasteiger partial charge in [0.15, 0.2) is 0 Å². The summed E-state index contributed by atoms with van der Waals surface area (Å²) in [6.07, 6.45) is 0. The van der Waals surface area contributed by atoms with Gasteiger partial charge in [-0.1, -0.05) is 12.1 Å². The molecule has 0 aliphatic heterocycles. The molecule has 1 heterocycles. The van der Waals surface area contributed by atoms with E-state index in [1.54, 1.807) is 49.4 Å². The lowest BCUT2D eigenvalue weighted by Crippen LogP contribution is -2.19. The highest BCUT2D eigenvalue weighted by atomic mass is 19.1. The van der Waals surface area contributed by atoms with Crippen LogP contribution in [0.15, 0.2) is 59.7 Å². The van der Waals surface area contributed by atoms with E-state index < -0.39 is 5.91 Å². The van der Waals surface area contributed by atoms with E-state index in [-0.39, 0.29) is 17.3 Å². The van der Waals surface area contributed by atoms with Crippen molar-refractivity contribution in [1.29, 1.82) is 0 Å². The van der Waals surface area contributed by atoms with Gasteiger partial charge in [-0.15, -0.1) is 0 Å². The third-order valence-corrected chi connectivity index (χ3v) is 3.55. The Morgan fingerprint density at radius 2 is 1.96 bits per heavy atom. The molecule has 0 aliphatic carbocycles. The maximum absolute atomic E-state index is 13.0. The summed E-state index contributed by atoms with van der Waals surface area (Å²) in [4.78, 5) is 12.1. The number of aromatic amines is 1. The van der Waals surface area contributed by atoms with Crippen LogP contribution in [0.1, 0.15) is 23.0 Å². The van der Waals surface area contributed by atoms with Gasteiger partial charge in [0.2, 0.25) is 0 Å². The first-order chi connectivity index (χ1) is 12.0. The van der Waals surface area contributed by atoms with Gasteiger partial charge < -0.3 is 5.11 Å². The van der Waals surface area contributed by atoms with Gasteiger partial charge in [0.05, 0.1) is 11.4 Å². The molecule has 0 radical (unpaired) electrons. The summed E-state index contributed by atoms with van der Waals surface area (Å²) in [5.41, 5.74) is 5.11. The number of carbonyl (C=O) groups is 1. The molecule has 3 N–H and O–H groups in total. The van der Waals surface area contributed by atoms with Crippen molar-refractivity contribution in [2.24, 2.45) is 5.10 Å². The Bertz CT molecular complexity index is 932. The lowest BCUT2D eigenvalue weighted by Gasteiger charge is -2.02. The first kappa shape index (κ1) is 16.4. The predicted molar refractivity (Wildman–Crippen MR) is 91.8 cm³/mol. The standard InChI is InChI=1S/C18H15FN4O2/c1-11(13-3-2-4-15(24)9-13)20-23-18(25)17-10-16(21-22-17)12-5-7-14(19)8-6-12/h2-10,24H,1H3,(H,21,22)(H,23,25)/b20-11+. The summed E-state index contributed by atoms with van der Waals surface area (Å²) >= 11 is 0. The number of amides is 1. The van der Waals surface area contributed by atoms with Crippen molar-refractivity contribution in [3.05, 3.63) is 71.7 Å². The monoisotopic (exact) mass is 338 g/mol. The molecule has 7 heteroatoms. The Balaban J connectivity index is 1.71. The van der Waals surface area contributed by atoms with Crippen LogP contribution in [0.5, 0.6) is 5.75 Å². The zero-order chi connectivity index (χ0) is 17.8. The number of phenolic OH excluding ortho intramolecular Hbond substituents is 1. The second kappa shape index (κ2) is 6.96. The number of aromatic nitrogens is 2. The molecule has 0 atom stereocenters. The van der Waals surface area contributed by atoms with Crippen LogP contribution in [0.3, 0.4) is 0 Å². The van der Waals surface area contributed by atoms with Crippen molar-refractivity contribution in [2.75, 3.05) is 0 Å². The van der Waals surface area contributed by atoms with Crippen molar-refractivity contribution < 1.29 is 14.3 Å². The average molecular weight is 338 g/mol. The lowest BCUT2D eigenvalue weighted by atomic mass is 10.1. The van der Waals surface area contributed by atoms with Crippen molar-refractivity contribution in [1.82, 2.24) is 15.6 Å². The van der Waals surface area contributed by atoms with Gasteiger partial charge in [0.25, 0.3) is 5.91 Å². The molecule has 0 bridgehead atoms. The quantitative estimate of drug-likeness (QED) is 0.504. The molecule has 2 aromatic carbocycles. The summed E-state index contributed by atoms with van der Waals surface area (Å²) in [6.45, 7) is 1.71. The lowest BCUT2D eigenvalue weighted by molar-refractivity contribution is 0.0950. The smallest absolute Gasteiger partial charge is 0.289 e. The highest BCUT2D eigenvalue weighted by Crippen LogP contribution is 2.18. The highest BCUT2D eigenvalue weighted by Gasteiger charge is 2.11. The molecular weight excluding hydrogens is 323 g/mol. The fourth-order valence-corrected chi connectivity index (χ4v) is 2.20. The maximum atomic E-state index is 13.0. The van der Waals surface area contributed by atoms with Crippen LogP contribution in [0.2, 0.25) is 0 Å². The predicted octanol–water partition coefficient (Wildman–Crippen LogP) is 3.08. The van der Waals surface area contributed by atoms with E-state index >= 15 is 0 Å². The third-order valence-electron chi connectivity index (χ3n) is 3.55. The normalized spacial score (nSPS) is 11.4. The number of benzene rings is 2. The molecule has 3 rings (SSSR count). The molecule has 0 spiro atoms. The topological polar surface area (TPSA) is 90.4 Å². The second-order valence-electron chi connectivity index (χ2n) is 5.36. The van der Waals surface area contributed by atoms with Gasteiger partial charge in [-0.3, -0.25) is 9.89 Å². The fraction of sp³-hybridized carbons (Fsp3) is 0.0556. The SMILES string of the molecule is C/C(=N\NC(=O)c1cc(-c2ccc(F)cc2)n[nH]1)c1cccc(O)c1. The first-order valence-electron chi connectivity index (χ1n) is 7.48. The molecule has 25 heavy (non-hydrogen) atoms. The number of rotatable bonds is 4. The van der Waals surface area contributed by atoms with Gasteiger partial charge in [-0.25, -0.2) is 9.82 Å². The third kappa shape index (κ3) is 3.89. The van der Waals surface area contributed by atoms with Crippen LogP contribution in [0.4, 0.5) is 4.39 Å². The molecule has 0 unspecified atom stereocenters. The van der Waals surface area contributed by atoms with E-state index in [1.807, 2.05) is 0 Å². The molecule has 0 saturated heterocycles. The van der Waals surface area contributed by atoms with E-state index in [2.05, 4.69) is 20.7 Å². The molecule has 3 aromatic rings. The minimum Gasteiger partial charge on any atom is -0.508 e. The molecule has 6 nitrogen and oxygen atoms in total. The summed E-state index contributed by atoms with van der Waals surface area (Å²) in [6, 6.07) is 13.9. The molecule has 0 aliphatic rings. The van der Waals surface area contributed by atoms with E-state index in [0.29, 0.717) is 22.5 Å². The van der Waals surface area contributed by atoms with Crippen LogP contribution in [0, 0.1) is 5.82 Å². The number of hydrogen-bond donors (Lipinski definition) is 3. The maximum Gasteiger partial charge on any atom is 0.289 e. The van der Waals surface area contributed by atoms with E-state index in [1.165, 1.54) is 12.1 Å². The van der Waals surface area contributed by atoms with Crippen LogP contribution in [-0.4, -0.2) is 26.9 Å². The minimum absolute atomic E-state index is 0.121. The number of nitrogens with one attached hydrogen (secondary N) is 2. The van der Waals surface area contributed by atoms with Gasteiger partial charge >= 0.3 is 0 Å². The van der Waals surface area contributed by atoms with Gasteiger partial charge in [0, 0.05) is 11.1 Å². The Hall–Kier alpha value is -3.48. The highest BCUT2D eigenvalue weighted by molar-refractivity contribution is 6.00. The van der Waals surface area contributed by atoms with Crippen LogP contribution < -0.4 is 5.43 Å². The minimum atomic E-state index is -0.458. The number of halogens is 1. The Kier molecular flexibility index (Phi) is 4.56. The second-order valence-corrected chi connectivity index (χ2v) is 5.36. The zero-order valence-corrected chi connectivity index (χ0v) is 13.3. The Morgan fingerprint density at radius 1 is 1.20 bits per heavy atom. The van der Waals surface area contributed by atoms with Crippen LogP contribution in [0.25, 0.3) is 11.3 Å². The van der Waals surface area contributed by atoms with Crippen molar-refractivity contribution in [3.8, 4) is 17.0 Å². The average Bonchev–Trinajstić information content (AvgIpc) is 3.10. The fourth-order valence-electron chi connectivity index (χ4n) is 2.20. The molecule has 0 fully saturated rings. The summed E-state index contributed by atoms with van der Waals surface area (Å²) in [5, 5.41) is 20.2. The molecule has 1 amide bonds. The van der Waals surface area contributed by atoms with Crippen molar-refractivity contribution >= 4 is 11.6 Å². The van der Waals surface area contributed by atoms with Crippen LogP contribution in [-0.2, 0) is 0 Å². The number of nitrogens with zero attached hydrogens (tertiary/aromatic N) is 2. The Morgan fingerprint density at radius 3 is 2.68 bits per heavy atom. The number of hydrazone groups is 1.